The van der Waals surface area contributed by atoms with Gasteiger partial charge in [0.1, 0.15) is 17.4 Å². The van der Waals surface area contributed by atoms with E-state index >= 15 is 0 Å². The molecule has 24 heavy (non-hydrogen) atoms. The Morgan fingerprint density at radius 2 is 1.83 bits per heavy atom. The molecule has 1 N–H and O–H groups in total. The number of hydrogen-bond donors (Lipinski definition) is 1. The molecule has 0 fully saturated rings. The van der Waals surface area contributed by atoms with Crippen LogP contribution in [0, 0.1) is 11.6 Å². The molecule has 0 radical (unpaired) electrons. The van der Waals surface area contributed by atoms with Gasteiger partial charge in [0.05, 0.1) is 6.26 Å². The van der Waals surface area contributed by atoms with E-state index in [0.717, 1.165) is 18.2 Å². The number of pyridine rings is 1. The molecule has 0 amide bonds. The first-order valence-electron chi connectivity index (χ1n) is 6.89. The molecule has 0 spiro atoms. The van der Waals surface area contributed by atoms with E-state index in [1.165, 1.54) is 12.5 Å². The smallest absolute Gasteiger partial charge is 0.246 e. The lowest BCUT2D eigenvalue weighted by molar-refractivity contribution is 0.514. The van der Waals surface area contributed by atoms with Gasteiger partial charge >= 0.3 is 0 Å². The number of sulfonamides is 1. The van der Waals surface area contributed by atoms with Gasteiger partial charge in [0.2, 0.25) is 10.0 Å². The average Bonchev–Trinajstić information content (AvgIpc) is 3.07. The predicted molar refractivity (Wildman–Crippen MR) is 82.3 cm³/mol. The highest BCUT2D eigenvalue weighted by molar-refractivity contribution is 7.89. The normalized spacial score (nSPS) is 11.6. The summed E-state index contributed by atoms with van der Waals surface area (Å²) in [6.07, 6.45) is 4.52. The Morgan fingerprint density at radius 3 is 2.50 bits per heavy atom. The van der Waals surface area contributed by atoms with Crippen molar-refractivity contribution in [3.05, 3.63) is 72.3 Å². The topological polar surface area (TPSA) is 72.2 Å². The largest absolute Gasteiger partial charge is 0.464 e. The lowest BCUT2D eigenvalue weighted by Gasteiger charge is -2.09. The minimum atomic E-state index is -4.34. The SMILES string of the molecule is O=S(=O)(NCc1cncc(-c2ccco2)c1)c1c(F)cccc1F. The van der Waals surface area contributed by atoms with E-state index in [-0.39, 0.29) is 6.54 Å². The van der Waals surface area contributed by atoms with Gasteiger partial charge in [-0.2, -0.15) is 0 Å². The third-order valence-electron chi connectivity index (χ3n) is 3.25. The summed E-state index contributed by atoms with van der Waals surface area (Å²) in [7, 11) is -4.34. The second-order valence-electron chi connectivity index (χ2n) is 4.93. The molecule has 3 rings (SSSR count). The van der Waals surface area contributed by atoms with Gasteiger partial charge in [0.25, 0.3) is 0 Å². The van der Waals surface area contributed by atoms with E-state index in [9.17, 15) is 17.2 Å². The van der Waals surface area contributed by atoms with E-state index in [1.807, 2.05) is 0 Å². The van der Waals surface area contributed by atoms with E-state index < -0.39 is 26.6 Å². The number of rotatable bonds is 5. The summed E-state index contributed by atoms with van der Waals surface area (Å²) in [6.45, 7) is -0.169. The van der Waals surface area contributed by atoms with Crippen LogP contribution in [0.3, 0.4) is 0 Å². The molecule has 3 aromatic rings. The number of furan rings is 1. The van der Waals surface area contributed by atoms with E-state index in [1.54, 1.807) is 24.4 Å². The van der Waals surface area contributed by atoms with Crippen LogP contribution < -0.4 is 4.72 Å². The Hall–Kier alpha value is -2.58. The Labute approximate surface area is 137 Å². The van der Waals surface area contributed by atoms with Gasteiger partial charge in [-0.3, -0.25) is 4.98 Å². The molecule has 2 heterocycles. The minimum Gasteiger partial charge on any atom is -0.464 e. The molecule has 2 aromatic heterocycles. The van der Waals surface area contributed by atoms with E-state index in [2.05, 4.69) is 9.71 Å². The van der Waals surface area contributed by atoms with Gasteiger partial charge in [-0.15, -0.1) is 0 Å². The summed E-state index contributed by atoms with van der Waals surface area (Å²) in [5, 5.41) is 0. The van der Waals surface area contributed by atoms with Crippen LogP contribution in [0.4, 0.5) is 8.78 Å². The molecule has 0 atom stereocenters. The van der Waals surface area contributed by atoms with Crippen molar-refractivity contribution in [3.8, 4) is 11.3 Å². The molecule has 0 aliphatic rings. The van der Waals surface area contributed by atoms with E-state index in [4.69, 9.17) is 4.42 Å². The molecule has 1 aromatic carbocycles. The van der Waals surface area contributed by atoms with Crippen LogP contribution in [0.2, 0.25) is 0 Å². The van der Waals surface area contributed by atoms with Gasteiger partial charge in [0.15, 0.2) is 4.90 Å². The van der Waals surface area contributed by atoms with Crippen LogP contribution in [0.5, 0.6) is 0 Å². The van der Waals surface area contributed by atoms with Gasteiger partial charge in [-0.05, 0) is 35.9 Å². The van der Waals surface area contributed by atoms with Gasteiger partial charge < -0.3 is 4.42 Å². The number of nitrogens with one attached hydrogen (secondary N) is 1. The maximum Gasteiger partial charge on any atom is 0.246 e. The van der Waals surface area contributed by atoms with Gasteiger partial charge in [-0.1, -0.05) is 6.07 Å². The summed E-state index contributed by atoms with van der Waals surface area (Å²) < 4.78 is 58.9. The summed E-state index contributed by atoms with van der Waals surface area (Å²) in [4.78, 5) is 3.01. The van der Waals surface area contributed by atoms with Crippen molar-refractivity contribution in [1.29, 1.82) is 0 Å². The Balaban J connectivity index is 1.82. The second kappa shape index (κ2) is 6.50. The number of nitrogens with zero attached hydrogens (tertiary/aromatic N) is 1. The second-order valence-corrected chi connectivity index (χ2v) is 6.64. The maximum absolute atomic E-state index is 13.6. The molecule has 0 aliphatic heterocycles. The fourth-order valence-electron chi connectivity index (χ4n) is 2.15. The Bertz CT molecular complexity index is 937. The monoisotopic (exact) mass is 350 g/mol. The quantitative estimate of drug-likeness (QED) is 0.767. The fourth-order valence-corrected chi connectivity index (χ4v) is 3.30. The van der Waals surface area contributed by atoms with Crippen LogP contribution in [0.1, 0.15) is 5.56 Å². The average molecular weight is 350 g/mol. The van der Waals surface area contributed by atoms with Crippen molar-refractivity contribution in [3.63, 3.8) is 0 Å². The number of halogens is 2. The highest BCUT2D eigenvalue weighted by atomic mass is 32.2. The summed E-state index contributed by atoms with van der Waals surface area (Å²) >= 11 is 0. The third-order valence-corrected chi connectivity index (χ3v) is 4.71. The number of aromatic nitrogens is 1. The molecular weight excluding hydrogens is 338 g/mol. The maximum atomic E-state index is 13.6. The first-order valence-corrected chi connectivity index (χ1v) is 8.37. The van der Waals surface area contributed by atoms with Crippen LogP contribution in [0.15, 0.2) is 64.4 Å². The summed E-state index contributed by atoms with van der Waals surface area (Å²) in [6, 6.07) is 7.99. The minimum absolute atomic E-state index is 0.169. The van der Waals surface area contributed by atoms with E-state index in [0.29, 0.717) is 16.9 Å². The summed E-state index contributed by atoms with van der Waals surface area (Å²) in [5.41, 5.74) is 1.18. The zero-order valence-electron chi connectivity index (χ0n) is 12.2. The van der Waals surface area contributed by atoms with Crippen molar-refractivity contribution < 1.29 is 21.6 Å². The first-order chi connectivity index (χ1) is 11.5. The van der Waals surface area contributed by atoms with Crippen molar-refractivity contribution >= 4 is 10.0 Å². The van der Waals surface area contributed by atoms with Crippen LogP contribution >= 0.6 is 0 Å². The van der Waals surface area contributed by atoms with Gasteiger partial charge in [0, 0.05) is 24.5 Å². The van der Waals surface area contributed by atoms with Crippen molar-refractivity contribution in [1.82, 2.24) is 9.71 Å². The van der Waals surface area contributed by atoms with Crippen molar-refractivity contribution in [2.45, 2.75) is 11.4 Å². The highest BCUT2D eigenvalue weighted by Crippen LogP contribution is 2.21. The molecule has 8 heteroatoms. The third kappa shape index (κ3) is 3.34. The zero-order valence-corrected chi connectivity index (χ0v) is 13.1. The Morgan fingerprint density at radius 1 is 1.08 bits per heavy atom. The Kier molecular flexibility index (Phi) is 4.41. The highest BCUT2D eigenvalue weighted by Gasteiger charge is 2.23. The zero-order chi connectivity index (χ0) is 17.2. The van der Waals surface area contributed by atoms with Crippen LogP contribution in [-0.4, -0.2) is 13.4 Å². The standard InChI is InChI=1S/C16H12F2N2O3S/c17-13-3-1-4-14(18)16(13)24(21,22)20-9-11-7-12(10-19-8-11)15-5-2-6-23-15/h1-8,10,20H,9H2. The molecule has 5 nitrogen and oxygen atoms in total. The molecule has 0 bridgehead atoms. The number of benzene rings is 1. The van der Waals surface area contributed by atoms with Crippen LogP contribution in [0.25, 0.3) is 11.3 Å². The number of hydrogen-bond acceptors (Lipinski definition) is 4. The van der Waals surface area contributed by atoms with Gasteiger partial charge in [-0.25, -0.2) is 21.9 Å². The lowest BCUT2D eigenvalue weighted by atomic mass is 10.2. The summed E-state index contributed by atoms with van der Waals surface area (Å²) in [5.74, 6) is -1.72. The lowest BCUT2D eigenvalue weighted by Crippen LogP contribution is -2.25. The molecule has 0 saturated carbocycles. The predicted octanol–water partition coefficient (Wildman–Crippen LogP) is 3.10. The molecular formula is C16H12F2N2O3S. The molecule has 0 aliphatic carbocycles. The van der Waals surface area contributed by atoms with Crippen molar-refractivity contribution in [2.24, 2.45) is 0 Å². The molecule has 0 unspecified atom stereocenters. The fraction of sp³-hybridized carbons (Fsp3) is 0.0625. The molecule has 124 valence electrons. The molecule has 0 saturated heterocycles. The van der Waals surface area contributed by atoms with Crippen LogP contribution in [-0.2, 0) is 16.6 Å². The first kappa shape index (κ1) is 16.3. The van der Waals surface area contributed by atoms with Crippen molar-refractivity contribution in [2.75, 3.05) is 0 Å².